The minimum Gasteiger partial charge on any atom is -0.245 e. The molecule has 0 amide bonds. The van der Waals surface area contributed by atoms with Crippen LogP contribution in [0.15, 0.2) is 32.4 Å². The summed E-state index contributed by atoms with van der Waals surface area (Å²) in [6.07, 6.45) is 1.65. The molecule has 14 heavy (non-hydrogen) atoms. The van der Waals surface area contributed by atoms with Gasteiger partial charge in [-0.05, 0) is 31.5 Å². The van der Waals surface area contributed by atoms with E-state index in [1.807, 2.05) is 25.1 Å². The molecule has 74 valence electrons. The zero-order valence-electron chi connectivity index (χ0n) is 8.44. The smallest absolute Gasteiger partial charge is 0.136 e. The van der Waals surface area contributed by atoms with Gasteiger partial charge in [0.25, 0.3) is 0 Å². The third-order valence-electron chi connectivity index (χ3n) is 2.11. The molecule has 0 aliphatic carbocycles. The molecule has 1 atom stereocenters. The molecule has 1 heterocycles. The Labute approximate surface area is 84.1 Å². The predicted molar refractivity (Wildman–Crippen MR) is 58.7 cm³/mol. The van der Waals surface area contributed by atoms with Crippen molar-refractivity contribution in [2.24, 2.45) is 9.36 Å². The molecule has 3 nitrogen and oxygen atoms in total. The minimum absolute atomic E-state index is 0.593. The van der Waals surface area contributed by atoms with Gasteiger partial charge >= 0.3 is 0 Å². The van der Waals surface area contributed by atoms with E-state index in [0.29, 0.717) is 5.84 Å². The SMILES string of the molecule is CC1=Nc2cc(C)ccc2S(C)(=O)=N1. The lowest BCUT2D eigenvalue weighted by Gasteiger charge is -2.13. The third-order valence-corrected chi connectivity index (χ3v) is 3.88. The largest absolute Gasteiger partial charge is 0.245 e. The van der Waals surface area contributed by atoms with E-state index in [0.717, 1.165) is 16.1 Å². The van der Waals surface area contributed by atoms with Gasteiger partial charge in [0.2, 0.25) is 0 Å². The van der Waals surface area contributed by atoms with Gasteiger partial charge in [-0.15, -0.1) is 0 Å². The van der Waals surface area contributed by atoms with Gasteiger partial charge in [0, 0.05) is 6.26 Å². The molecular formula is C10H12N2OS. The number of aliphatic imine (C=N–C) groups is 1. The molecule has 1 aromatic carbocycles. The highest BCUT2D eigenvalue weighted by Gasteiger charge is 2.16. The fourth-order valence-electron chi connectivity index (χ4n) is 1.53. The van der Waals surface area contributed by atoms with Gasteiger partial charge in [-0.25, -0.2) is 9.20 Å². The number of rotatable bonds is 0. The quantitative estimate of drug-likeness (QED) is 0.646. The van der Waals surface area contributed by atoms with Crippen molar-refractivity contribution in [1.82, 2.24) is 0 Å². The van der Waals surface area contributed by atoms with E-state index < -0.39 is 9.73 Å². The van der Waals surface area contributed by atoms with Crippen molar-refractivity contribution in [3.63, 3.8) is 0 Å². The molecule has 0 saturated heterocycles. The summed E-state index contributed by atoms with van der Waals surface area (Å²) in [5.74, 6) is 0.593. The number of hydrogen-bond donors (Lipinski definition) is 0. The molecule has 0 radical (unpaired) electrons. The van der Waals surface area contributed by atoms with E-state index in [1.54, 1.807) is 13.2 Å². The summed E-state index contributed by atoms with van der Waals surface area (Å²) in [6.45, 7) is 3.77. The molecule has 0 fully saturated rings. The Kier molecular flexibility index (Phi) is 1.96. The van der Waals surface area contributed by atoms with Crippen molar-refractivity contribution < 1.29 is 4.21 Å². The van der Waals surface area contributed by atoms with Crippen LogP contribution in [0.1, 0.15) is 12.5 Å². The zero-order valence-corrected chi connectivity index (χ0v) is 9.26. The Morgan fingerprint density at radius 1 is 1.29 bits per heavy atom. The molecule has 4 heteroatoms. The number of amidine groups is 1. The number of hydrogen-bond acceptors (Lipinski definition) is 3. The lowest BCUT2D eigenvalue weighted by Crippen LogP contribution is -2.06. The van der Waals surface area contributed by atoms with Crippen LogP contribution >= 0.6 is 0 Å². The maximum atomic E-state index is 12.1. The summed E-state index contributed by atoms with van der Waals surface area (Å²) in [5.41, 5.74) is 1.92. The van der Waals surface area contributed by atoms with Crippen LogP contribution in [0.25, 0.3) is 0 Å². The average Bonchev–Trinajstić information content (AvgIpc) is 2.00. The maximum Gasteiger partial charge on any atom is 0.136 e. The van der Waals surface area contributed by atoms with Gasteiger partial charge in [0.05, 0.1) is 20.3 Å². The summed E-state index contributed by atoms with van der Waals surface area (Å²) in [4.78, 5) is 5.02. The zero-order chi connectivity index (χ0) is 10.3. The van der Waals surface area contributed by atoms with E-state index >= 15 is 0 Å². The second-order valence-corrected chi connectivity index (χ2v) is 5.75. The van der Waals surface area contributed by atoms with Crippen LogP contribution in [-0.2, 0) is 9.73 Å². The van der Waals surface area contributed by atoms with E-state index in [4.69, 9.17) is 0 Å². The number of benzene rings is 1. The van der Waals surface area contributed by atoms with E-state index in [2.05, 4.69) is 9.36 Å². The van der Waals surface area contributed by atoms with Crippen LogP contribution < -0.4 is 0 Å². The summed E-state index contributed by atoms with van der Waals surface area (Å²) < 4.78 is 16.2. The van der Waals surface area contributed by atoms with E-state index in [9.17, 15) is 4.21 Å². The second-order valence-electron chi connectivity index (χ2n) is 3.52. The molecule has 1 aliphatic rings. The minimum atomic E-state index is -2.26. The van der Waals surface area contributed by atoms with Crippen LogP contribution in [0.3, 0.4) is 0 Å². The molecule has 1 aliphatic heterocycles. The van der Waals surface area contributed by atoms with Gasteiger partial charge in [-0.3, -0.25) is 0 Å². The molecule has 1 aromatic rings. The van der Waals surface area contributed by atoms with Crippen molar-refractivity contribution in [1.29, 1.82) is 0 Å². The van der Waals surface area contributed by atoms with Crippen molar-refractivity contribution in [3.05, 3.63) is 23.8 Å². The summed E-state index contributed by atoms with van der Waals surface area (Å²) in [6, 6.07) is 5.73. The number of fused-ring (bicyclic) bond motifs is 1. The molecule has 2 rings (SSSR count). The highest BCUT2D eigenvalue weighted by molar-refractivity contribution is 7.93. The molecule has 1 unspecified atom stereocenters. The van der Waals surface area contributed by atoms with Crippen molar-refractivity contribution in [2.75, 3.05) is 6.26 Å². The van der Waals surface area contributed by atoms with Gasteiger partial charge in [-0.2, -0.15) is 4.36 Å². The fraction of sp³-hybridized carbons (Fsp3) is 0.300. The van der Waals surface area contributed by atoms with E-state index in [-0.39, 0.29) is 0 Å². The second kappa shape index (κ2) is 2.92. The number of nitrogens with zero attached hydrogens (tertiary/aromatic N) is 2. The molecule has 0 aromatic heterocycles. The highest BCUT2D eigenvalue weighted by Crippen LogP contribution is 2.30. The van der Waals surface area contributed by atoms with Crippen LogP contribution in [0.2, 0.25) is 0 Å². The first-order valence-corrected chi connectivity index (χ1v) is 6.29. The predicted octanol–water partition coefficient (Wildman–Crippen LogP) is 2.52. The lowest BCUT2D eigenvalue weighted by atomic mass is 10.2. The van der Waals surface area contributed by atoms with Gasteiger partial charge < -0.3 is 0 Å². The van der Waals surface area contributed by atoms with Crippen LogP contribution in [0, 0.1) is 6.92 Å². The van der Waals surface area contributed by atoms with Gasteiger partial charge in [-0.1, -0.05) is 6.07 Å². The van der Waals surface area contributed by atoms with E-state index in [1.165, 1.54) is 0 Å². The molecule has 0 N–H and O–H groups in total. The lowest BCUT2D eigenvalue weighted by molar-refractivity contribution is 0.680. The summed E-state index contributed by atoms with van der Waals surface area (Å²) in [5, 5.41) is 0. The van der Waals surface area contributed by atoms with Crippen LogP contribution in [0.4, 0.5) is 5.69 Å². The molecule has 0 bridgehead atoms. The fourth-order valence-corrected chi connectivity index (χ4v) is 2.99. The van der Waals surface area contributed by atoms with Crippen molar-refractivity contribution >= 4 is 21.3 Å². The Bertz CT molecular complexity index is 537. The topological polar surface area (TPSA) is 41.8 Å². The highest BCUT2D eigenvalue weighted by atomic mass is 32.2. The number of aryl methyl sites for hydroxylation is 1. The third kappa shape index (κ3) is 1.46. The van der Waals surface area contributed by atoms with Crippen molar-refractivity contribution in [2.45, 2.75) is 18.7 Å². The Morgan fingerprint density at radius 3 is 2.71 bits per heavy atom. The Hall–Kier alpha value is -1.16. The molecule has 0 saturated carbocycles. The van der Waals surface area contributed by atoms with Gasteiger partial charge in [0.15, 0.2) is 0 Å². The Morgan fingerprint density at radius 2 is 2.00 bits per heavy atom. The monoisotopic (exact) mass is 208 g/mol. The van der Waals surface area contributed by atoms with Crippen LogP contribution in [0.5, 0.6) is 0 Å². The normalized spacial score (nSPS) is 24.9. The first kappa shape index (κ1) is 9.40. The molecular weight excluding hydrogens is 196 g/mol. The maximum absolute atomic E-state index is 12.1. The van der Waals surface area contributed by atoms with Crippen molar-refractivity contribution in [3.8, 4) is 0 Å². The first-order chi connectivity index (χ1) is 6.49. The Balaban J connectivity index is 2.81. The molecule has 0 spiro atoms. The van der Waals surface area contributed by atoms with Gasteiger partial charge in [0.1, 0.15) is 5.84 Å². The summed E-state index contributed by atoms with van der Waals surface area (Å²) in [7, 11) is -2.26. The standard InChI is InChI=1S/C10H12N2OS/c1-7-4-5-10-9(6-7)11-8(2)12-14(10,3)13/h4-6H,1-3H3. The average molecular weight is 208 g/mol. The van der Waals surface area contributed by atoms with Crippen LogP contribution in [-0.4, -0.2) is 16.3 Å². The first-order valence-electron chi connectivity index (χ1n) is 4.37. The summed E-state index contributed by atoms with van der Waals surface area (Å²) >= 11 is 0.